The summed E-state index contributed by atoms with van der Waals surface area (Å²) in [6.07, 6.45) is 0.368. The van der Waals surface area contributed by atoms with Crippen LogP contribution < -0.4 is 4.74 Å². The van der Waals surface area contributed by atoms with Gasteiger partial charge in [-0.25, -0.2) is 0 Å². The minimum absolute atomic E-state index is 0.0260. The average molecular weight is 249 g/mol. The lowest BCUT2D eigenvalue weighted by Crippen LogP contribution is -2.05. The second kappa shape index (κ2) is 5.03. The predicted octanol–water partition coefficient (Wildman–Crippen LogP) is 2.96. The van der Waals surface area contributed by atoms with Gasteiger partial charge in [-0.2, -0.15) is 8.78 Å². The first kappa shape index (κ1) is 12.6. The minimum atomic E-state index is -3.03. The van der Waals surface area contributed by atoms with E-state index in [4.69, 9.17) is 11.6 Å². The van der Waals surface area contributed by atoms with E-state index in [9.17, 15) is 18.4 Å². The Morgan fingerprint density at radius 1 is 1.50 bits per heavy atom. The van der Waals surface area contributed by atoms with Gasteiger partial charge < -0.3 is 4.74 Å². The molecule has 0 bridgehead atoms. The molecule has 0 aliphatic rings. The number of carbonyl (C=O) groups is 2. The lowest BCUT2D eigenvalue weighted by molar-refractivity contribution is -0.0499. The number of carbonyl (C=O) groups excluding carboxylic acids is 2. The first-order chi connectivity index (χ1) is 7.45. The van der Waals surface area contributed by atoms with Crippen LogP contribution in [0.5, 0.6) is 5.75 Å². The fraction of sp³-hybridized carbons (Fsp3) is 0.200. The number of aldehydes is 1. The van der Waals surface area contributed by atoms with Gasteiger partial charge in [0, 0.05) is 11.1 Å². The van der Waals surface area contributed by atoms with Gasteiger partial charge in [0.05, 0.1) is 5.02 Å². The van der Waals surface area contributed by atoms with Crippen molar-refractivity contribution < 1.29 is 23.1 Å². The molecule has 0 aliphatic carbocycles. The summed E-state index contributed by atoms with van der Waals surface area (Å²) in [5.74, 6) is -0.709. The summed E-state index contributed by atoms with van der Waals surface area (Å²) in [7, 11) is 0. The molecule has 86 valence electrons. The summed E-state index contributed by atoms with van der Waals surface area (Å²) in [4.78, 5) is 21.7. The molecule has 0 spiro atoms. The van der Waals surface area contributed by atoms with Gasteiger partial charge in [0.2, 0.25) is 0 Å². The second-order valence-electron chi connectivity index (χ2n) is 2.93. The smallest absolute Gasteiger partial charge is 0.387 e. The van der Waals surface area contributed by atoms with Crippen LogP contribution in [0.1, 0.15) is 27.6 Å². The first-order valence-corrected chi connectivity index (χ1v) is 4.58. The zero-order valence-corrected chi connectivity index (χ0v) is 8.92. The van der Waals surface area contributed by atoms with Crippen LogP contribution in [0.4, 0.5) is 8.78 Å². The summed E-state index contributed by atoms with van der Waals surface area (Å²) in [6.45, 7) is -1.82. The summed E-state index contributed by atoms with van der Waals surface area (Å²) in [5, 5.41) is -0.0656. The summed E-state index contributed by atoms with van der Waals surface area (Å²) < 4.78 is 28.0. The van der Waals surface area contributed by atoms with E-state index in [1.54, 1.807) is 0 Å². The Labute approximate surface area is 95.0 Å². The van der Waals surface area contributed by atoms with E-state index in [2.05, 4.69) is 4.74 Å². The topological polar surface area (TPSA) is 43.4 Å². The number of ether oxygens (including phenoxy) is 1. The highest BCUT2D eigenvalue weighted by molar-refractivity contribution is 6.36. The average Bonchev–Trinajstić information content (AvgIpc) is 2.19. The van der Waals surface area contributed by atoms with E-state index in [-0.39, 0.29) is 21.9 Å². The molecule has 0 radical (unpaired) electrons. The van der Waals surface area contributed by atoms with Crippen LogP contribution in [0.2, 0.25) is 5.02 Å². The molecule has 0 aliphatic heterocycles. The number of halogens is 3. The third-order valence-corrected chi connectivity index (χ3v) is 2.23. The standard InChI is InChI=1S/C10H7ClF2O3/c1-5(15)8-3-7(16-10(12)13)2-6(4-14)9(8)11/h2-4,10H,1H3. The summed E-state index contributed by atoms with van der Waals surface area (Å²) in [5.41, 5.74) is -0.0908. The summed E-state index contributed by atoms with van der Waals surface area (Å²) in [6, 6.07) is 2.12. The van der Waals surface area contributed by atoms with Gasteiger partial charge in [-0.3, -0.25) is 9.59 Å². The highest BCUT2D eigenvalue weighted by Crippen LogP contribution is 2.27. The van der Waals surface area contributed by atoms with E-state index in [0.717, 1.165) is 12.1 Å². The molecule has 0 amide bonds. The Balaban J connectivity index is 3.28. The van der Waals surface area contributed by atoms with E-state index >= 15 is 0 Å². The zero-order chi connectivity index (χ0) is 12.3. The molecule has 0 saturated carbocycles. The van der Waals surface area contributed by atoms with Gasteiger partial charge in [0.15, 0.2) is 12.1 Å². The zero-order valence-electron chi connectivity index (χ0n) is 8.17. The Morgan fingerprint density at radius 3 is 2.56 bits per heavy atom. The molecule has 0 aromatic heterocycles. The Kier molecular flexibility index (Phi) is 3.95. The van der Waals surface area contributed by atoms with Crippen LogP contribution in [0, 0.1) is 0 Å². The molecule has 3 nitrogen and oxygen atoms in total. The maximum atomic E-state index is 12.0. The van der Waals surface area contributed by atoms with Crippen molar-refractivity contribution >= 4 is 23.7 Å². The molecule has 0 unspecified atom stereocenters. The number of Topliss-reactive ketones (excluding diaryl/α,β-unsaturated/α-hetero) is 1. The van der Waals surface area contributed by atoms with Gasteiger partial charge in [-0.15, -0.1) is 0 Å². The van der Waals surface area contributed by atoms with Gasteiger partial charge in [-0.05, 0) is 19.1 Å². The Morgan fingerprint density at radius 2 is 2.12 bits per heavy atom. The van der Waals surface area contributed by atoms with E-state index in [0.29, 0.717) is 6.29 Å². The van der Waals surface area contributed by atoms with Gasteiger partial charge in [0.25, 0.3) is 0 Å². The van der Waals surface area contributed by atoms with Crippen molar-refractivity contribution in [1.82, 2.24) is 0 Å². The highest BCUT2D eigenvalue weighted by Gasteiger charge is 2.14. The number of alkyl halides is 2. The van der Waals surface area contributed by atoms with Crippen molar-refractivity contribution in [3.8, 4) is 5.75 Å². The molecule has 1 rings (SSSR count). The largest absolute Gasteiger partial charge is 0.435 e. The molecule has 0 atom stereocenters. The third-order valence-electron chi connectivity index (χ3n) is 1.81. The van der Waals surface area contributed by atoms with Crippen molar-refractivity contribution in [1.29, 1.82) is 0 Å². The van der Waals surface area contributed by atoms with Crippen molar-refractivity contribution in [3.63, 3.8) is 0 Å². The molecule has 1 aromatic rings. The van der Waals surface area contributed by atoms with Crippen LogP contribution in [-0.2, 0) is 0 Å². The van der Waals surface area contributed by atoms with E-state index in [1.165, 1.54) is 6.92 Å². The molecule has 0 saturated heterocycles. The van der Waals surface area contributed by atoms with Crippen LogP contribution >= 0.6 is 11.6 Å². The maximum absolute atomic E-state index is 12.0. The molecular weight excluding hydrogens is 242 g/mol. The quantitative estimate of drug-likeness (QED) is 0.608. The first-order valence-electron chi connectivity index (χ1n) is 4.20. The van der Waals surface area contributed by atoms with Crippen LogP contribution in [-0.4, -0.2) is 18.7 Å². The predicted molar refractivity (Wildman–Crippen MR) is 53.5 cm³/mol. The number of rotatable bonds is 4. The second-order valence-corrected chi connectivity index (χ2v) is 3.30. The molecule has 1 aromatic carbocycles. The van der Waals surface area contributed by atoms with Crippen molar-refractivity contribution in [3.05, 3.63) is 28.3 Å². The number of hydrogen-bond donors (Lipinski definition) is 0. The molecule has 6 heteroatoms. The monoisotopic (exact) mass is 248 g/mol. The van der Waals surface area contributed by atoms with Crippen molar-refractivity contribution in [2.75, 3.05) is 0 Å². The van der Waals surface area contributed by atoms with Gasteiger partial charge in [-0.1, -0.05) is 11.6 Å². The van der Waals surface area contributed by atoms with Crippen LogP contribution in [0.25, 0.3) is 0 Å². The Hall–Kier alpha value is -1.49. The van der Waals surface area contributed by atoms with Crippen LogP contribution in [0.15, 0.2) is 12.1 Å². The molecule has 0 N–H and O–H groups in total. The fourth-order valence-corrected chi connectivity index (χ4v) is 1.42. The van der Waals surface area contributed by atoms with Gasteiger partial charge in [0.1, 0.15) is 5.75 Å². The minimum Gasteiger partial charge on any atom is -0.435 e. The SMILES string of the molecule is CC(=O)c1cc(OC(F)F)cc(C=O)c1Cl. The van der Waals surface area contributed by atoms with Gasteiger partial charge >= 0.3 is 6.61 Å². The molecule has 0 heterocycles. The molecule has 0 fully saturated rings. The molecular formula is C10H7ClF2O3. The van der Waals surface area contributed by atoms with Crippen LogP contribution in [0.3, 0.4) is 0 Å². The Bertz CT molecular complexity index is 432. The van der Waals surface area contributed by atoms with E-state index in [1.807, 2.05) is 0 Å². The highest BCUT2D eigenvalue weighted by atomic mass is 35.5. The fourth-order valence-electron chi connectivity index (χ4n) is 1.13. The van der Waals surface area contributed by atoms with E-state index < -0.39 is 12.4 Å². The normalized spacial score (nSPS) is 10.3. The maximum Gasteiger partial charge on any atom is 0.387 e. The molecule has 16 heavy (non-hydrogen) atoms. The lowest BCUT2D eigenvalue weighted by Gasteiger charge is -2.08. The number of benzene rings is 1. The van der Waals surface area contributed by atoms with Crippen molar-refractivity contribution in [2.24, 2.45) is 0 Å². The number of hydrogen-bond acceptors (Lipinski definition) is 3. The number of ketones is 1. The lowest BCUT2D eigenvalue weighted by atomic mass is 10.1. The summed E-state index contributed by atoms with van der Waals surface area (Å²) >= 11 is 5.72. The van der Waals surface area contributed by atoms with Crippen molar-refractivity contribution in [2.45, 2.75) is 13.5 Å². The third kappa shape index (κ3) is 2.76.